The van der Waals surface area contributed by atoms with Gasteiger partial charge in [-0.1, -0.05) is 0 Å². The van der Waals surface area contributed by atoms with Crippen molar-refractivity contribution in [2.45, 2.75) is 0 Å². The number of halogens is 2. The van der Waals surface area contributed by atoms with Crippen LogP contribution in [0.25, 0.3) is 0 Å². The molecule has 0 atom stereocenters. The fraction of sp³-hybridized carbons (Fsp3) is 0. The van der Waals surface area contributed by atoms with E-state index < -0.39 is 5.97 Å². The van der Waals surface area contributed by atoms with Crippen LogP contribution in [0.1, 0.15) is 10.4 Å². The summed E-state index contributed by atoms with van der Waals surface area (Å²) in [5.74, 6) is -1.57. The van der Waals surface area contributed by atoms with E-state index in [1.165, 1.54) is 6.07 Å². The second-order valence-electron chi connectivity index (χ2n) is 1.94. The van der Waals surface area contributed by atoms with Crippen molar-refractivity contribution in [1.82, 2.24) is 4.98 Å². The van der Waals surface area contributed by atoms with E-state index in [0.717, 1.165) is 0 Å². The Hall–Kier alpha value is -0.620. The molecule has 0 aliphatic carbocycles. The van der Waals surface area contributed by atoms with Crippen molar-refractivity contribution >= 4 is 37.8 Å². The van der Waals surface area contributed by atoms with E-state index in [-0.39, 0.29) is 15.9 Å². The Morgan fingerprint density at radius 3 is 2.58 bits per heavy atom. The van der Waals surface area contributed by atoms with E-state index in [1.807, 2.05) is 0 Å². The molecule has 0 aliphatic rings. The first kappa shape index (κ1) is 9.47. The molecule has 0 bridgehead atoms. The van der Waals surface area contributed by atoms with Gasteiger partial charge < -0.3 is 10.2 Å². The number of hydrogen-bond donors (Lipinski definition) is 2. The first-order valence-corrected chi connectivity index (χ1v) is 4.39. The van der Waals surface area contributed by atoms with Crippen molar-refractivity contribution in [2.75, 3.05) is 0 Å². The third-order valence-electron chi connectivity index (χ3n) is 1.15. The quantitative estimate of drug-likeness (QED) is 0.778. The zero-order valence-corrected chi connectivity index (χ0v) is 8.76. The molecule has 0 saturated heterocycles. The summed E-state index contributed by atoms with van der Waals surface area (Å²) in [5, 5.41) is 17.8. The fourth-order valence-corrected chi connectivity index (χ4v) is 1.69. The molecule has 0 fully saturated rings. The molecular formula is C6H3Br2NO3. The predicted octanol–water partition coefficient (Wildman–Crippen LogP) is 2.01. The molecule has 6 heteroatoms. The molecule has 12 heavy (non-hydrogen) atoms. The van der Waals surface area contributed by atoms with Gasteiger partial charge in [-0.2, -0.15) is 0 Å². The highest BCUT2D eigenvalue weighted by Gasteiger charge is 2.14. The van der Waals surface area contributed by atoms with Crippen LogP contribution in [0.2, 0.25) is 0 Å². The van der Waals surface area contributed by atoms with Gasteiger partial charge in [0.1, 0.15) is 14.8 Å². The van der Waals surface area contributed by atoms with Gasteiger partial charge in [-0.25, -0.2) is 9.78 Å². The topological polar surface area (TPSA) is 70.4 Å². The van der Waals surface area contributed by atoms with Crippen LogP contribution < -0.4 is 0 Å². The van der Waals surface area contributed by atoms with Gasteiger partial charge >= 0.3 is 5.97 Å². The van der Waals surface area contributed by atoms with Gasteiger partial charge in [0.25, 0.3) is 0 Å². The molecule has 0 spiro atoms. The molecule has 1 aromatic heterocycles. The number of carboxylic acids is 1. The van der Waals surface area contributed by atoms with Crippen LogP contribution in [0.3, 0.4) is 0 Å². The zero-order valence-electron chi connectivity index (χ0n) is 5.58. The Labute approximate surface area is 84.5 Å². The molecule has 0 aromatic carbocycles. The fourth-order valence-electron chi connectivity index (χ4n) is 0.641. The summed E-state index contributed by atoms with van der Waals surface area (Å²) in [6.07, 6.45) is 0. The third-order valence-corrected chi connectivity index (χ3v) is 2.11. The number of rotatable bonds is 1. The number of carboxylic acid groups (broad SMARTS) is 1. The largest absolute Gasteiger partial charge is 0.504 e. The molecule has 1 rings (SSSR count). The van der Waals surface area contributed by atoms with Crippen molar-refractivity contribution in [2.24, 2.45) is 0 Å². The summed E-state index contributed by atoms with van der Waals surface area (Å²) in [7, 11) is 0. The Balaban J connectivity index is 3.37. The van der Waals surface area contributed by atoms with E-state index in [9.17, 15) is 9.90 Å². The summed E-state index contributed by atoms with van der Waals surface area (Å²) >= 11 is 5.91. The Morgan fingerprint density at radius 1 is 1.50 bits per heavy atom. The van der Waals surface area contributed by atoms with Crippen molar-refractivity contribution in [3.05, 3.63) is 20.8 Å². The summed E-state index contributed by atoms with van der Waals surface area (Å²) in [6.45, 7) is 0. The number of aromatic carboxylic acids is 1. The molecule has 2 N–H and O–H groups in total. The standard InChI is InChI=1S/C6H3Br2NO3/c7-3-1-2(6(11)12)4(10)5(8)9-3/h1,10H,(H,11,12). The van der Waals surface area contributed by atoms with Gasteiger partial charge in [-0.15, -0.1) is 0 Å². The maximum absolute atomic E-state index is 10.5. The van der Waals surface area contributed by atoms with E-state index in [1.54, 1.807) is 0 Å². The molecule has 4 nitrogen and oxygen atoms in total. The summed E-state index contributed by atoms with van der Waals surface area (Å²) < 4.78 is 0.457. The molecular weight excluding hydrogens is 294 g/mol. The van der Waals surface area contributed by atoms with Crippen molar-refractivity contribution in [3.63, 3.8) is 0 Å². The van der Waals surface area contributed by atoms with Crippen LogP contribution >= 0.6 is 31.9 Å². The summed E-state index contributed by atoms with van der Waals surface area (Å²) in [6, 6.07) is 1.22. The average molecular weight is 297 g/mol. The predicted molar refractivity (Wildman–Crippen MR) is 48.3 cm³/mol. The SMILES string of the molecule is O=C(O)c1cc(Br)nc(Br)c1O. The molecule has 64 valence electrons. The monoisotopic (exact) mass is 295 g/mol. The highest BCUT2D eigenvalue weighted by atomic mass is 79.9. The first-order valence-electron chi connectivity index (χ1n) is 2.80. The van der Waals surface area contributed by atoms with Crippen LogP contribution in [-0.4, -0.2) is 21.2 Å². The Morgan fingerprint density at radius 2 is 2.08 bits per heavy atom. The second kappa shape index (κ2) is 3.40. The van der Waals surface area contributed by atoms with Crippen LogP contribution in [0.4, 0.5) is 0 Å². The molecule has 0 unspecified atom stereocenters. The van der Waals surface area contributed by atoms with Gasteiger partial charge in [0.15, 0.2) is 5.75 Å². The summed E-state index contributed by atoms with van der Waals surface area (Å²) in [4.78, 5) is 14.2. The van der Waals surface area contributed by atoms with Crippen LogP contribution in [0.15, 0.2) is 15.3 Å². The van der Waals surface area contributed by atoms with E-state index in [0.29, 0.717) is 4.60 Å². The number of aromatic hydroxyl groups is 1. The van der Waals surface area contributed by atoms with E-state index in [4.69, 9.17) is 5.11 Å². The molecule has 0 saturated carbocycles. The minimum absolute atomic E-state index is 0.106. The lowest BCUT2D eigenvalue weighted by molar-refractivity contribution is 0.0693. The van der Waals surface area contributed by atoms with Crippen molar-refractivity contribution in [3.8, 4) is 5.75 Å². The molecule has 1 heterocycles. The van der Waals surface area contributed by atoms with E-state index >= 15 is 0 Å². The van der Waals surface area contributed by atoms with Gasteiger partial charge in [-0.05, 0) is 37.9 Å². The molecule has 0 amide bonds. The minimum Gasteiger partial charge on any atom is -0.504 e. The van der Waals surface area contributed by atoms with Gasteiger partial charge in [-0.3, -0.25) is 0 Å². The Kier molecular flexibility index (Phi) is 2.69. The van der Waals surface area contributed by atoms with Gasteiger partial charge in [0.2, 0.25) is 0 Å². The normalized spacial score (nSPS) is 9.83. The summed E-state index contributed by atoms with van der Waals surface area (Å²) in [5.41, 5.74) is -0.191. The minimum atomic E-state index is -1.20. The smallest absolute Gasteiger partial charge is 0.339 e. The van der Waals surface area contributed by atoms with Crippen LogP contribution in [-0.2, 0) is 0 Å². The lowest BCUT2D eigenvalue weighted by Gasteiger charge is -2.01. The average Bonchev–Trinajstić information content (AvgIpc) is 1.96. The number of pyridine rings is 1. The third kappa shape index (κ3) is 1.75. The molecule has 0 radical (unpaired) electrons. The van der Waals surface area contributed by atoms with Gasteiger partial charge in [0.05, 0.1) is 0 Å². The highest BCUT2D eigenvalue weighted by Crippen LogP contribution is 2.28. The maximum Gasteiger partial charge on any atom is 0.339 e. The van der Waals surface area contributed by atoms with Crippen LogP contribution in [0, 0.1) is 0 Å². The van der Waals surface area contributed by atoms with E-state index in [2.05, 4.69) is 36.8 Å². The number of carbonyl (C=O) groups is 1. The van der Waals surface area contributed by atoms with Crippen LogP contribution in [0.5, 0.6) is 5.75 Å². The zero-order chi connectivity index (χ0) is 9.30. The lowest BCUT2D eigenvalue weighted by atomic mass is 10.2. The highest BCUT2D eigenvalue weighted by molar-refractivity contribution is 9.11. The number of nitrogens with zero attached hydrogens (tertiary/aromatic N) is 1. The first-order chi connectivity index (χ1) is 5.52. The van der Waals surface area contributed by atoms with Crippen molar-refractivity contribution < 1.29 is 15.0 Å². The van der Waals surface area contributed by atoms with Gasteiger partial charge in [0, 0.05) is 0 Å². The lowest BCUT2D eigenvalue weighted by Crippen LogP contribution is -1.98. The second-order valence-corrected chi connectivity index (χ2v) is 3.50. The maximum atomic E-state index is 10.5. The Bertz CT molecular complexity index is 340. The van der Waals surface area contributed by atoms with Crippen molar-refractivity contribution in [1.29, 1.82) is 0 Å². The number of hydrogen-bond acceptors (Lipinski definition) is 3. The molecule has 1 aromatic rings. The number of aromatic nitrogens is 1. The molecule has 0 aliphatic heterocycles.